The molecule has 2 aliphatic heterocycles. The van der Waals surface area contributed by atoms with E-state index in [2.05, 4.69) is 28.5 Å². The van der Waals surface area contributed by atoms with Crippen LogP contribution in [0.2, 0.25) is 0 Å². The summed E-state index contributed by atoms with van der Waals surface area (Å²) in [5, 5.41) is 13.0. The molecule has 180 valence electrons. The van der Waals surface area contributed by atoms with Crippen molar-refractivity contribution in [3.63, 3.8) is 0 Å². The lowest BCUT2D eigenvalue weighted by Crippen LogP contribution is -2.53. The van der Waals surface area contributed by atoms with E-state index in [-0.39, 0.29) is 23.5 Å². The average molecular weight is 491 g/mol. The summed E-state index contributed by atoms with van der Waals surface area (Å²) >= 11 is 1.78. The van der Waals surface area contributed by atoms with Crippen LogP contribution in [0.15, 0.2) is 66.0 Å². The lowest BCUT2D eigenvalue weighted by atomic mass is 9.93. The largest absolute Gasteiger partial charge is 0.338 e. The molecule has 8 nitrogen and oxygen atoms in total. The van der Waals surface area contributed by atoms with E-state index in [1.807, 2.05) is 23.1 Å². The molecule has 1 fully saturated rings. The third-order valence-electron chi connectivity index (χ3n) is 6.76. The summed E-state index contributed by atoms with van der Waals surface area (Å²) in [5.74, 6) is -0.0933. The Hall–Kier alpha value is -3.56. The first kappa shape index (κ1) is 23.2. The maximum atomic E-state index is 13.3. The number of benzene rings is 2. The number of hydrogen-bond acceptors (Lipinski definition) is 6. The average Bonchev–Trinajstić information content (AvgIpc) is 3.37. The fourth-order valence-electron chi connectivity index (χ4n) is 4.91. The van der Waals surface area contributed by atoms with E-state index >= 15 is 0 Å². The van der Waals surface area contributed by atoms with Gasteiger partial charge in [0, 0.05) is 55.3 Å². The van der Waals surface area contributed by atoms with Gasteiger partial charge in [-0.3, -0.25) is 24.6 Å². The lowest BCUT2D eigenvalue weighted by Gasteiger charge is -2.39. The number of carbonyl (C=O) groups is 2. The van der Waals surface area contributed by atoms with E-state index in [1.54, 1.807) is 16.2 Å². The number of nitro groups is 1. The summed E-state index contributed by atoms with van der Waals surface area (Å²) in [4.78, 5) is 43.6. The molecule has 0 unspecified atom stereocenters. The first-order chi connectivity index (χ1) is 17.0. The Morgan fingerprint density at radius 2 is 1.60 bits per heavy atom. The predicted octanol–water partition coefficient (Wildman–Crippen LogP) is 3.59. The highest BCUT2D eigenvalue weighted by Crippen LogP contribution is 2.37. The zero-order chi connectivity index (χ0) is 24.4. The van der Waals surface area contributed by atoms with Gasteiger partial charge < -0.3 is 9.80 Å². The van der Waals surface area contributed by atoms with Crippen molar-refractivity contribution in [2.45, 2.75) is 12.5 Å². The number of nitro benzene ring substituents is 1. The molecule has 1 aromatic heterocycles. The maximum Gasteiger partial charge on any atom is 0.269 e. The second-order valence-corrected chi connectivity index (χ2v) is 9.81. The van der Waals surface area contributed by atoms with Gasteiger partial charge in [0.05, 0.1) is 17.5 Å². The third-order valence-corrected chi connectivity index (χ3v) is 7.76. The molecule has 0 spiro atoms. The third kappa shape index (κ3) is 4.82. The Morgan fingerprint density at radius 1 is 0.914 bits per heavy atom. The number of rotatable bonds is 5. The SMILES string of the molecule is O=C(CN1CCc2sccc2[C@H]1c1ccccc1)N1CCN(C(=O)c2ccc([N+](=O)[O-])cc2)CC1. The minimum atomic E-state index is -0.484. The second-order valence-electron chi connectivity index (χ2n) is 8.81. The monoisotopic (exact) mass is 490 g/mol. The van der Waals surface area contributed by atoms with Gasteiger partial charge in [0.15, 0.2) is 0 Å². The summed E-state index contributed by atoms with van der Waals surface area (Å²) in [6.45, 7) is 3.01. The number of hydrogen-bond donors (Lipinski definition) is 0. The highest BCUT2D eigenvalue weighted by Gasteiger charge is 2.33. The summed E-state index contributed by atoms with van der Waals surface area (Å²) in [5.41, 5.74) is 2.86. The molecule has 0 aliphatic carbocycles. The highest BCUT2D eigenvalue weighted by molar-refractivity contribution is 7.10. The van der Waals surface area contributed by atoms with Gasteiger partial charge in [0.25, 0.3) is 11.6 Å². The van der Waals surface area contributed by atoms with Gasteiger partial charge in [-0.15, -0.1) is 11.3 Å². The van der Waals surface area contributed by atoms with Crippen LogP contribution < -0.4 is 0 Å². The van der Waals surface area contributed by atoms with Crippen LogP contribution in [0, 0.1) is 10.1 Å². The molecule has 2 aromatic carbocycles. The molecule has 2 amide bonds. The fourth-order valence-corrected chi connectivity index (χ4v) is 5.81. The normalized spacial score (nSPS) is 18.2. The quantitative estimate of drug-likeness (QED) is 0.403. The van der Waals surface area contributed by atoms with Crippen LogP contribution in [-0.2, 0) is 11.2 Å². The molecule has 0 N–H and O–H groups in total. The molecule has 1 atom stereocenters. The Balaban J connectivity index is 1.22. The minimum Gasteiger partial charge on any atom is -0.338 e. The van der Waals surface area contributed by atoms with Crippen LogP contribution in [0.3, 0.4) is 0 Å². The van der Waals surface area contributed by atoms with Crippen LogP contribution in [0.25, 0.3) is 0 Å². The summed E-state index contributed by atoms with van der Waals surface area (Å²) < 4.78 is 0. The molecule has 0 saturated carbocycles. The van der Waals surface area contributed by atoms with E-state index in [4.69, 9.17) is 0 Å². The number of nitrogens with zero attached hydrogens (tertiary/aromatic N) is 4. The molecule has 3 heterocycles. The number of fused-ring (bicyclic) bond motifs is 1. The first-order valence-electron chi connectivity index (χ1n) is 11.7. The Labute approximate surface area is 207 Å². The molecule has 2 aliphatic rings. The molecule has 5 rings (SSSR count). The standard InChI is InChI=1S/C26H26N4O4S/c31-24(18-29-12-10-23-22(11-17-35-23)25(29)19-4-2-1-3-5-19)27-13-15-28(16-14-27)26(32)20-6-8-21(9-7-20)30(33)34/h1-9,11,17,25H,10,12-16,18H2/t25-/m1/s1. The van der Waals surface area contributed by atoms with Crippen molar-refractivity contribution in [2.75, 3.05) is 39.3 Å². The summed E-state index contributed by atoms with van der Waals surface area (Å²) in [7, 11) is 0. The van der Waals surface area contributed by atoms with Crippen molar-refractivity contribution >= 4 is 28.8 Å². The predicted molar refractivity (Wildman–Crippen MR) is 133 cm³/mol. The number of amides is 2. The molecule has 35 heavy (non-hydrogen) atoms. The van der Waals surface area contributed by atoms with Crippen molar-refractivity contribution in [1.82, 2.24) is 14.7 Å². The minimum absolute atomic E-state index is 0.0435. The smallest absolute Gasteiger partial charge is 0.269 e. The molecule has 3 aromatic rings. The van der Waals surface area contributed by atoms with Crippen molar-refractivity contribution < 1.29 is 14.5 Å². The zero-order valence-corrected chi connectivity index (χ0v) is 20.0. The van der Waals surface area contributed by atoms with Crippen LogP contribution in [0.4, 0.5) is 5.69 Å². The second kappa shape index (κ2) is 9.97. The number of piperazine rings is 1. The molecular formula is C26H26N4O4S. The van der Waals surface area contributed by atoms with Gasteiger partial charge in [0.1, 0.15) is 0 Å². The summed E-state index contributed by atoms with van der Waals surface area (Å²) in [6.07, 6.45) is 0.946. The van der Waals surface area contributed by atoms with E-state index in [0.29, 0.717) is 38.3 Å². The molecule has 0 radical (unpaired) electrons. The van der Waals surface area contributed by atoms with Gasteiger partial charge in [-0.05, 0) is 41.1 Å². The molecule has 9 heteroatoms. The summed E-state index contributed by atoms with van der Waals surface area (Å²) in [6, 6.07) is 18.2. The van der Waals surface area contributed by atoms with Crippen molar-refractivity contribution in [3.05, 3.63) is 97.7 Å². The fraction of sp³-hybridized carbons (Fsp3) is 0.308. The number of thiophene rings is 1. The van der Waals surface area contributed by atoms with Crippen molar-refractivity contribution in [1.29, 1.82) is 0 Å². The Morgan fingerprint density at radius 3 is 2.29 bits per heavy atom. The first-order valence-corrected chi connectivity index (χ1v) is 12.6. The van der Waals surface area contributed by atoms with Crippen molar-refractivity contribution in [2.24, 2.45) is 0 Å². The topological polar surface area (TPSA) is 87.0 Å². The molecule has 1 saturated heterocycles. The maximum absolute atomic E-state index is 13.3. The number of carbonyl (C=O) groups excluding carboxylic acids is 2. The lowest BCUT2D eigenvalue weighted by molar-refractivity contribution is -0.384. The van der Waals surface area contributed by atoms with Crippen molar-refractivity contribution in [3.8, 4) is 0 Å². The van der Waals surface area contributed by atoms with Crippen LogP contribution in [0.1, 0.15) is 32.4 Å². The van der Waals surface area contributed by atoms with Crippen LogP contribution in [0.5, 0.6) is 0 Å². The van der Waals surface area contributed by atoms with Gasteiger partial charge in [0.2, 0.25) is 5.91 Å². The van der Waals surface area contributed by atoms with E-state index in [1.165, 1.54) is 40.3 Å². The van der Waals surface area contributed by atoms with E-state index < -0.39 is 4.92 Å². The van der Waals surface area contributed by atoms with Gasteiger partial charge in [-0.25, -0.2) is 0 Å². The van der Waals surface area contributed by atoms with E-state index in [9.17, 15) is 19.7 Å². The Bertz CT molecular complexity index is 1220. The van der Waals surface area contributed by atoms with Gasteiger partial charge in [-0.2, -0.15) is 0 Å². The van der Waals surface area contributed by atoms with Gasteiger partial charge in [-0.1, -0.05) is 30.3 Å². The highest BCUT2D eigenvalue weighted by atomic mass is 32.1. The Kier molecular flexibility index (Phi) is 6.61. The number of non-ortho nitro benzene ring substituents is 1. The molecule has 0 bridgehead atoms. The van der Waals surface area contributed by atoms with Crippen LogP contribution >= 0.6 is 11.3 Å². The van der Waals surface area contributed by atoms with Gasteiger partial charge >= 0.3 is 0 Å². The van der Waals surface area contributed by atoms with E-state index in [0.717, 1.165) is 13.0 Å². The molecular weight excluding hydrogens is 464 g/mol. The zero-order valence-electron chi connectivity index (χ0n) is 19.2. The van der Waals surface area contributed by atoms with Crippen LogP contribution in [-0.4, -0.2) is 70.7 Å².